The molecule has 0 unspecified atom stereocenters. The number of aryl methyl sites for hydroxylation is 2. The maximum Gasteiger partial charge on any atom is 0.250 e. The third kappa shape index (κ3) is 1.79. The summed E-state index contributed by atoms with van der Waals surface area (Å²) in [6, 6.07) is 1.77. The van der Waals surface area contributed by atoms with E-state index in [-0.39, 0.29) is 6.15 Å². The van der Waals surface area contributed by atoms with E-state index in [0.29, 0.717) is 11.3 Å². The third-order valence-corrected chi connectivity index (χ3v) is 1.60. The highest BCUT2D eigenvalue weighted by Gasteiger charge is 2.07. The van der Waals surface area contributed by atoms with Gasteiger partial charge >= 0.3 is 0 Å². The van der Waals surface area contributed by atoms with Crippen molar-refractivity contribution in [2.45, 2.75) is 13.8 Å². The molecule has 4 nitrogen and oxygen atoms in total. The highest BCUT2D eigenvalue weighted by atomic mass is 16.1. The Hall–Kier alpha value is -1.42. The summed E-state index contributed by atoms with van der Waals surface area (Å²) in [5, 5.41) is 0. The Morgan fingerprint density at radius 3 is 2.42 bits per heavy atom. The van der Waals surface area contributed by atoms with Gasteiger partial charge in [0.2, 0.25) is 0 Å². The third-order valence-electron chi connectivity index (χ3n) is 1.60. The average molecular weight is 167 g/mol. The lowest BCUT2D eigenvalue weighted by Crippen LogP contribution is -2.15. The van der Waals surface area contributed by atoms with E-state index < -0.39 is 5.91 Å². The van der Waals surface area contributed by atoms with Gasteiger partial charge in [0.05, 0.1) is 11.3 Å². The van der Waals surface area contributed by atoms with Crippen molar-refractivity contribution in [2.75, 3.05) is 0 Å². The van der Waals surface area contributed by atoms with Crippen LogP contribution < -0.4 is 11.9 Å². The molecule has 0 bridgehead atoms. The summed E-state index contributed by atoms with van der Waals surface area (Å²) in [7, 11) is 0. The zero-order chi connectivity index (χ0) is 8.43. The van der Waals surface area contributed by atoms with E-state index in [1.165, 1.54) is 0 Å². The van der Waals surface area contributed by atoms with Gasteiger partial charge in [-0.2, -0.15) is 0 Å². The Morgan fingerprint density at radius 2 is 2.08 bits per heavy atom. The largest absolute Gasteiger partial charge is 0.366 e. The van der Waals surface area contributed by atoms with Crippen LogP contribution in [0.5, 0.6) is 0 Å². The summed E-state index contributed by atoms with van der Waals surface area (Å²) in [4.78, 5) is 14.8. The number of pyridine rings is 1. The number of rotatable bonds is 1. The zero-order valence-corrected chi connectivity index (χ0v) is 7.29. The molecule has 5 N–H and O–H groups in total. The summed E-state index contributed by atoms with van der Waals surface area (Å²) in [6.07, 6.45) is 1.66. The van der Waals surface area contributed by atoms with Crippen LogP contribution in [0.15, 0.2) is 12.3 Å². The summed E-state index contributed by atoms with van der Waals surface area (Å²) >= 11 is 0. The van der Waals surface area contributed by atoms with Gasteiger partial charge in [-0.25, -0.2) is 0 Å². The van der Waals surface area contributed by atoms with Crippen molar-refractivity contribution >= 4 is 5.91 Å². The quantitative estimate of drug-likeness (QED) is 0.652. The van der Waals surface area contributed by atoms with Gasteiger partial charge in [0, 0.05) is 6.20 Å². The van der Waals surface area contributed by atoms with Crippen LogP contribution >= 0.6 is 0 Å². The van der Waals surface area contributed by atoms with Gasteiger partial charge in [-0.15, -0.1) is 0 Å². The maximum atomic E-state index is 10.8. The Balaban J connectivity index is 0.00000121. The molecule has 1 amide bonds. The molecule has 12 heavy (non-hydrogen) atoms. The lowest BCUT2D eigenvalue weighted by atomic mass is 10.1. The van der Waals surface area contributed by atoms with E-state index in [9.17, 15) is 4.79 Å². The molecular weight excluding hydrogens is 154 g/mol. The molecule has 66 valence electrons. The lowest BCUT2D eigenvalue weighted by molar-refractivity contribution is 0.0998. The maximum absolute atomic E-state index is 10.8. The van der Waals surface area contributed by atoms with Crippen molar-refractivity contribution in [1.82, 2.24) is 11.1 Å². The van der Waals surface area contributed by atoms with Crippen molar-refractivity contribution in [2.24, 2.45) is 5.73 Å². The molecule has 1 rings (SSSR count). The number of nitrogens with zero attached hydrogens (tertiary/aromatic N) is 1. The topological polar surface area (TPSA) is 91.0 Å². The number of primary amides is 1. The summed E-state index contributed by atoms with van der Waals surface area (Å²) in [5.41, 5.74) is 7.24. The zero-order valence-electron chi connectivity index (χ0n) is 7.29. The van der Waals surface area contributed by atoms with Crippen LogP contribution in [0.1, 0.15) is 21.6 Å². The molecule has 4 heteroatoms. The standard InChI is InChI=1S/C8H10N2O.H3N/c1-5-3-4-10-6(2)7(5)8(9)11;/h3-4H,1-2H3,(H2,9,11);1H3. The highest BCUT2D eigenvalue weighted by Crippen LogP contribution is 2.08. The molecular formula is C8H13N3O. The first-order valence-corrected chi connectivity index (χ1v) is 3.35. The number of amides is 1. The number of carbonyl (C=O) groups excluding carboxylic acids is 1. The van der Waals surface area contributed by atoms with Gasteiger partial charge in [0.25, 0.3) is 5.91 Å². The number of nitrogens with two attached hydrogens (primary N) is 1. The Morgan fingerprint density at radius 1 is 1.50 bits per heavy atom. The second kappa shape index (κ2) is 3.82. The molecule has 0 aliphatic carbocycles. The van der Waals surface area contributed by atoms with Crippen LogP contribution in [-0.4, -0.2) is 10.9 Å². The van der Waals surface area contributed by atoms with Gasteiger partial charge in [-0.3, -0.25) is 9.78 Å². The number of carbonyl (C=O) groups is 1. The number of hydrogen-bond acceptors (Lipinski definition) is 3. The fourth-order valence-electron chi connectivity index (χ4n) is 1.07. The molecule has 0 aliphatic heterocycles. The van der Waals surface area contributed by atoms with Crippen molar-refractivity contribution in [3.63, 3.8) is 0 Å². The van der Waals surface area contributed by atoms with Gasteiger partial charge < -0.3 is 11.9 Å². The molecule has 0 aliphatic rings. The summed E-state index contributed by atoms with van der Waals surface area (Å²) in [6.45, 7) is 3.61. The van der Waals surface area contributed by atoms with Gasteiger partial charge in [-0.05, 0) is 25.5 Å². The molecule has 0 saturated heterocycles. The van der Waals surface area contributed by atoms with Crippen LogP contribution in [0.2, 0.25) is 0 Å². The van der Waals surface area contributed by atoms with Crippen molar-refractivity contribution in [1.29, 1.82) is 0 Å². The SMILES string of the molecule is Cc1ccnc(C)c1C(N)=O.N. The minimum absolute atomic E-state index is 0. The molecule has 0 radical (unpaired) electrons. The van der Waals surface area contributed by atoms with E-state index in [1.807, 2.05) is 6.92 Å². The van der Waals surface area contributed by atoms with E-state index >= 15 is 0 Å². The molecule has 0 spiro atoms. The van der Waals surface area contributed by atoms with E-state index in [0.717, 1.165) is 5.56 Å². The molecule has 0 atom stereocenters. The van der Waals surface area contributed by atoms with Crippen LogP contribution in [0.4, 0.5) is 0 Å². The van der Waals surface area contributed by atoms with Crippen molar-refractivity contribution in [3.8, 4) is 0 Å². The minimum atomic E-state index is -0.409. The Bertz CT molecular complexity index is 276. The summed E-state index contributed by atoms with van der Waals surface area (Å²) < 4.78 is 0. The van der Waals surface area contributed by atoms with Crippen molar-refractivity contribution in [3.05, 3.63) is 29.1 Å². The summed E-state index contributed by atoms with van der Waals surface area (Å²) in [5.74, 6) is -0.409. The van der Waals surface area contributed by atoms with Crippen LogP contribution in [0, 0.1) is 13.8 Å². The molecule has 1 aromatic rings. The predicted molar refractivity (Wildman–Crippen MR) is 47.3 cm³/mol. The normalized spacial score (nSPS) is 8.83. The van der Waals surface area contributed by atoms with Crippen molar-refractivity contribution < 1.29 is 4.79 Å². The van der Waals surface area contributed by atoms with E-state index in [1.54, 1.807) is 19.2 Å². The molecule has 0 aromatic carbocycles. The minimum Gasteiger partial charge on any atom is -0.366 e. The molecule has 1 heterocycles. The Labute approximate surface area is 71.4 Å². The Kier molecular flexibility index (Phi) is 3.37. The fourth-order valence-corrected chi connectivity index (χ4v) is 1.07. The van der Waals surface area contributed by atoms with E-state index in [2.05, 4.69) is 4.98 Å². The smallest absolute Gasteiger partial charge is 0.250 e. The monoisotopic (exact) mass is 167 g/mol. The average Bonchev–Trinajstić information content (AvgIpc) is 1.85. The van der Waals surface area contributed by atoms with Crippen LogP contribution in [-0.2, 0) is 0 Å². The van der Waals surface area contributed by atoms with Crippen LogP contribution in [0.25, 0.3) is 0 Å². The lowest BCUT2D eigenvalue weighted by Gasteiger charge is -2.02. The first-order valence-electron chi connectivity index (χ1n) is 3.35. The fraction of sp³-hybridized carbons (Fsp3) is 0.250. The highest BCUT2D eigenvalue weighted by molar-refractivity contribution is 5.95. The number of hydrogen-bond donors (Lipinski definition) is 2. The molecule has 0 fully saturated rings. The second-order valence-electron chi connectivity index (χ2n) is 2.45. The molecule has 0 saturated carbocycles. The first kappa shape index (κ1) is 10.6. The van der Waals surface area contributed by atoms with Gasteiger partial charge in [0.15, 0.2) is 0 Å². The van der Waals surface area contributed by atoms with Gasteiger partial charge in [-0.1, -0.05) is 0 Å². The second-order valence-corrected chi connectivity index (χ2v) is 2.45. The van der Waals surface area contributed by atoms with E-state index in [4.69, 9.17) is 5.73 Å². The van der Waals surface area contributed by atoms with Gasteiger partial charge in [0.1, 0.15) is 0 Å². The number of aromatic nitrogens is 1. The predicted octanol–water partition coefficient (Wildman–Crippen LogP) is 0.959. The molecule has 1 aromatic heterocycles. The first-order chi connectivity index (χ1) is 5.13. The van der Waals surface area contributed by atoms with Crippen LogP contribution in [0.3, 0.4) is 0 Å².